The Hall–Kier alpha value is -2.27. The van der Waals surface area contributed by atoms with E-state index in [2.05, 4.69) is 46.0 Å². The van der Waals surface area contributed by atoms with Crippen molar-refractivity contribution in [2.45, 2.75) is 32.4 Å². The number of oxime groups is 1. The van der Waals surface area contributed by atoms with Crippen molar-refractivity contribution in [2.24, 2.45) is 11.1 Å². The SMILES string of the molecule is CC(C)c1ncc(CN2CC3ON=C(c4ccccc4)C3C2)cn1. The molecule has 1 aromatic heterocycles. The Bertz CT molecular complexity index is 727. The lowest BCUT2D eigenvalue weighted by Gasteiger charge is -2.16. The Morgan fingerprint density at radius 3 is 2.58 bits per heavy atom. The van der Waals surface area contributed by atoms with Crippen LogP contribution in [0.25, 0.3) is 0 Å². The highest BCUT2D eigenvalue weighted by atomic mass is 16.6. The molecule has 24 heavy (non-hydrogen) atoms. The average Bonchev–Trinajstić information content (AvgIpc) is 3.16. The van der Waals surface area contributed by atoms with Crippen molar-refractivity contribution >= 4 is 5.71 Å². The van der Waals surface area contributed by atoms with Gasteiger partial charge < -0.3 is 4.84 Å². The quantitative estimate of drug-likeness (QED) is 0.868. The third kappa shape index (κ3) is 2.91. The molecule has 0 saturated carbocycles. The van der Waals surface area contributed by atoms with Gasteiger partial charge in [-0.3, -0.25) is 4.90 Å². The van der Waals surface area contributed by atoms with E-state index in [-0.39, 0.29) is 6.10 Å². The first-order chi connectivity index (χ1) is 11.7. The standard InChI is InChI=1S/C19H22N4O/c1-13(2)19-20-8-14(9-21-19)10-23-11-16-17(12-23)24-22-18(16)15-6-4-3-5-7-15/h3-9,13,16-17H,10-12H2,1-2H3. The van der Waals surface area contributed by atoms with Crippen molar-refractivity contribution in [3.05, 3.63) is 59.7 Å². The first kappa shape index (κ1) is 15.3. The van der Waals surface area contributed by atoms with Gasteiger partial charge in [0, 0.05) is 43.5 Å². The summed E-state index contributed by atoms with van der Waals surface area (Å²) in [5.41, 5.74) is 3.39. The van der Waals surface area contributed by atoms with Crippen molar-refractivity contribution in [3.8, 4) is 0 Å². The van der Waals surface area contributed by atoms with Gasteiger partial charge in [-0.05, 0) is 5.56 Å². The number of fused-ring (bicyclic) bond motifs is 1. The molecule has 0 bridgehead atoms. The summed E-state index contributed by atoms with van der Waals surface area (Å²) < 4.78 is 0. The molecule has 2 unspecified atom stereocenters. The summed E-state index contributed by atoms with van der Waals surface area (Å²) in [6.07, 6.45) is 4.06. The third-order valence-corrected chi connectivity index (χ3v) is 4.70. The fourth-order valence-electron chi connectivity index (χ4n) is 3.42. The van der Waals surface area contributed by atoms with Gasteiger partial charge in [-0.15, -0.1) is 0 Å². The van der Waals surface area contributed by atoms with Crippen molar-refractivity contribution < 1.29 is 4.84 Å². The highest BCUT2D eigenvalue weighted by molar-refractivity contribution is 6.03. The van der Waals surface area contributed by atoms with E-state index >= 15 is 0 Å². The van der Waals surface area contributed by atoms with Gasteiger partial charge in [-0.25, -0.2) is 9.97 Å². The Kier molecular flexibility index (Phi) is 4.02. The van der Waals surface area contributed by atoms with Crippen LogP contribution in [-0.2, 0) is 11.4 Å². The molecule has 5 nitrogen and oxygen atoms in total. The van der Waals surface area contributed by atoms with Gasteiger partial charge in [0.05, 0.1) is 11.6 Å². The number of likely N-dealkylation sites (tertiary alicyclic amines) is 1. The highest BCUT2D eigenvalue weighted by Crippen LogP contribution is 2.30. The summed E-state index contributed by atoms with van der Waals surface area (Å²) in [5.74, 6) is 1.62. The predicted octanol–water partition coefficient (Wildman–Crippen LogP) is 2.83. The lowest BCUT2D eigenvalue weighted by atomic mass is 9.95. The Morgan fingerprint density at radius 1 is 1.12 bits per heavy atom. The fourth-order valence-corrected chi connectivity index (χ4v) is 3.42. The summed E-state index contributed by atoms with van der Waals surface area (Å²) in [7, 11) is 0. The molecular formula is C19H22N4O. The van der Waals surface area contributed by atoms with Crippen LogP contribution in [0.5, 0.6) is 0 Å². The fraction of sp³-hybridized carbons (Fsp3) is 0.421. The maximum atomic E-state index is 5.68. The number of aromatic nitrogens is 2. The number of nitrogens with zero attached hydrogens (tertiary/aromatic N) is 4. The van der Waals surface area contributed by atoms with Crippen LogP contribution in [0.4, 0.5) is 0 Å². The summed E-state index contributed by atoms with van der Waals surface area (Å²) in [6, 6.07) is 10.3. The molecule has 2 aliphatic rings. The summed E-state index contributed by atoms with van der Waals surface area (Å²) in [4.78, 5) is 17.0. The van der Waals surface area contributed by atoms with E-state index in [1.165, 1.54) is 0 Å². The zero-order valence-corrected chi connectivity index (χ0v) is 14.1. The van der Waals surface area contributed by atoms with Crippen LogP contribution in [-0.4, -0.2) is 39.8 Å². The molecule has 5 heteroatoms. The van der Waals surface area contributed by atoms with Crippen LogP contribution < -0.4 is 0 Å². The molecule has 0 spiro atoms. The molecule has 1 aromatic carbocycles. The molecule has 3 heterocycles. The Labute approximate surface area is 142 Å². The number of hydrogen-bond acceptors (Lipinski definition) is 5. The van der Waals surface area contributed by atoms with Crippen LogP contribution in [0.1, 0.15) is 36.7 Å². The zero-order valence-electron chi connectivity index (χ0n) is 14.1. The Morgan fingerprint density at radius 2 is 1.88 bits per heavy atom. The molecular weight excluding hydrogens is 300 g/mol. The van der Waals surface area contributed by atoms with Gasteiger partial charge in [0.2, 0.25) is 0 Å². The topological polar surface area (TPSA) is 50.6 Å². The number of hydrogen-bond donors (Lipinski definition) is 0. The van der Waals surface area contributed by atoms with Crippen molar-refractivity contribution in [1.82, 2.24) is 14.9 Å². The molecule has 2 atom stereocenters. The van der Waals surface area contributed by atoms with Crippen LogP contribution in [0.3, 0.4) is 0 Å². The van der Waals surface area contributed by atoms with Crippen molar-refractivity contribution in [1.29, 1.82) is 0 Å². The molecule has 1 fully saturated rings. The molecule has 0 N–H and O–H groups in total. The van der Waals surface area contributed by atoms with Gasteiger partial charge in [0.25, 0.3) is 0 Å². The van der Waals surface area contributed by atoms with Gasteiger partial charge >= 0.3 is 0 Å². The third-order valence-electron chi connectivity index (χ3n) is 4.70. The first-order valence-corrected chi connectivity index (χ1v) is 8.53. The second-order valence-electron chi connectivity index (χ2n) is 6.89. The molecule has 124 valence electrons. The van der Waals surface area contributed by atoms with Gasteiger partial charge in [0.1, 0.15) is 11.9 Å². The zero-order chi connectivity index (χ0) is 16.5. The van der Waals surface area contributed by atoms with Gasteiger partial charge in [0.15, 0.2) is 0 Å². The summed E-state index contributed by atoms with van der Waals surface area (Å²) in [5, 5.41) is 4.33. The molecule has 4 rings (SSSR count). The van der Waals surface area contributed by atoms with Gasteiger partial charge in [-0.2, -0.15) is 0 Å². The first-order valence-electron chi connectivity index (χ1n) is 8.53. The summed E-state index contributed by atoms with van der Waals surface area (Å²) >= 11 is 0. The second-order valence-corrected chi connectivity index (χ2v) is 6.89. The summed E-state index contributed by atoms with van der Waals surface area (Å²) in [6.45, 7) is 6.94. The predicted molar refractivity (Wildman–Crippen MR) is 92.7 cm³/mol. The molecule has 0 aliphatic carbocycles. The minimum absolute atomic E-state index is 0.163. The van der Waals surface area contributed by atoms with Crippen molar-refractivity contribution in [2.75, 3.05) is 13.1 Å². The highest BCUT2D eigenvalue weighted by Gasteiger charge is 2.42. The molecule has 2 aliphatic heterocycles. The van der Waals surface area contributed by atoms with Crippen LogP contribution in [0, 0.1) is 5.92 Å². The largest absolute Gasteiger partial charge is 0.390 e. The number of rotatable bonds is 4. The van der Waals surface area contributed by atoms with E-state index in [0.29, 0.717) is 11.8 Å². The monoisotopic (exact) mass is 322 g/mol. The number of benzene rings is 1. The van der Waals surface area contributed by atoms with E-state index in [4.69, 9.17) is 4.84 Å². The smallest absolute Gasteiger partial charge is 0.149 e. The van der Waals surface area contributed by atoms with Crippen LogP contribution >= 0.6 is 0 Å². The Balaban J connectivity index is 1.43. The maximum Gasteiger partial charge on any atom is 0.149 e. The average molecular weight is 322 g/mol. The minimum atomic E-state index is 0.163. The van der Waals surface area contributed by atoms with E-state index in [9.17, 15) is 0 Å². The van der Waals surface area contributed by atoms with Crippen LogP contribution in [0.2, 0.25) is 0 Å². The molecule has 2 aromatic rings. The van der Waals surface area contributed by atoms with E-state index in [1.54, 1.807) is 0 Å². The van der Waals surface area contributed by atoms with E-state index < -0.39 is 0 Å². The van der Waals surface area contributed by atoms with E-state index in [0.717, 1.165) is 42.3 Å². The molecule has 0 radical (unpaired) electrons. The second kappa shape index (κ2) is 6.32. The minimum Gasteiger partial charge on any atom is -0.390 e. The lowest BCUT2D eigenvalue weighted by Crippen LogP contribution is -2.23. The molecule has 1 saturated heterocycles. The molecule has 0 amide bonds. The van der Waals surface area contributed by atoms with Gasteiger partial charge in [-0.1, -0.05) is 49.3 Å². The normalized spacial score (nSPS) is 23.2. The lowest BCUT2D eigenvalue weighted by molar-refractivity contribution is 0.0745. The van der Waals surface area contributed by atoms with Crippen LogP contribution in [0.15, 0.2) is 47.9 Å². The van der Waals surface area contributed by atoms with Crippen molar-refractivity contribution in [3.63, 3.8) is 0 Å². The maximum absolute atomic E-state index is 5.68. The van der Waals surface area contributed by atoms with E-state index in [1.807, 2.05) is 30.6 Å².